The number of aliphatic carboxylic acids is 2. The summed E-state index contributed by atoms with van der Waals surface area (Å²) in [6.45, 7) is 6.63. The van der Waals surface area contributed by atoms with Crippen molar-refractivity contribution in [3.63, 3.8) is 0 Å². The van der Waals surface area contributed by atoms with Crippen LogP contribution >= 0.6 is 0 Å². The van der Waals surface area contributed by atoms with Crippen LogP contribution in [0.25, 0.3) is 0 Å². The summed E-state index contributed by atoms with van der Waals surface area (Å²) >= 11 is 0. The van der Waals surface area contributed by atoms with Crippen LogP contribution in [0.4, 0.5) is 0 Å². The van der Waals surface area contributed by atoms with Gasteiger partial charge in [-0.3, -0.25) is 38.4 Å². The largest absolute Gasteiger partial charge is 0.481 e. The Balaban J connectivity index is 2.18. The third-order valence-electron chi connectivity index (χ3n) is 9.03. The molecule has 306 valence electrons. The molecule has 1 aliphatic rings. The molecule has 2 heterocycles. The SMILES string of the molecule is CC[C@H](C)[C@H](NC(=O)[C@H](CC(C)C)NC(=O)[C@H](Cc1cnc[nH]1)NC(=O)CNC(=O)[C@@H]1CCCN1C(=O)[C@@H](N)CCC(=O)O)C(=O)N[C@@H](CC(N)=O)C(=O)O. The zero-order valence-corrected chi connectivity index (χ0v) is 31.5. The van der Waals surface area contributed by atoms with Gasteiger partial charge in [-0.2, -0.15) is 0 Å². The summed E-state index contributed by atoms with van der Waals surface area (Å²) in [5, 5.41) is 30.9. The zero-order chi connectivity index (χ0) is 41.4. The molecule has 0 saturated carbocycles. The lowest BCUT2D eigenvalue weighted by Crippen LogP contribution is -2.60. The third kappa shape index (κ3) is 15.0. The van der Waals surface area contributed by atoms with Crippen molar-refractivity contribution in [2.24, 2.45) is 23.3 Å². The number of carbonyl (C=O) groups is 9. The van der Waals surface area contributed by atoms with Crippen molar-refractivity contribution in [2.75, 3.05) is 13.1 Å². The lowest BCUT2D eigenvalue weighted by Gasteiger charge is -2.29. The van der Waals surface area contributed by atoms with E-state index in [4.69, 9.17) is 16.6 Å². The normalized spacial score (nSPS) is 17.1. The van der Waals surface area contributed by atoms with Gasteiger partial charge in [0.2, 0.25) is 41.4 Å². The maximum absolute atomic E-state index is 13.8. The van der Waals surface area contributed by atoms with Gasteiger partial charge in [0.15, 0.2) is 0 Å². The Hall–Kier alpha value is -5.60. The number of carbonyl (C=O) groups excluding carboxylic acids is 7. The Morgan fingerprint density at radius 2 is 1.60 bits per heavy atom. The Bertz CT molecular complexity index is 1540. The van der Waals surface area contributed by atoms with E-state index in [-0.39, 0.29) is 38.1 Å². The van der Waals surface area contributed by atoms with Crippen molar-refractivity contribution in [1.29, 1.82) is 0 Å². The van der Waals surface area contributed by atoms with E-state index < -0.39 is 108 Å². The number of amides is 7. The molecule has 1 fully saturated rings. The number of carboxylic acids is 2. The Kier molecular flexibility index (Phi) is 18.2. The number of aromatic amines is 1. The van der Waals surface area contributed by atoms with Crippen molar-refractivity contribution in [2.45, 2.75) is 115 Å². The van der Waals surface area contributed by atoms with Crippen LogP contribution in [0, 0.1) is 11.8 Å². The second-order valence-electron chi connectivity index (χ2n) is 14.0. The van der Waals surface area contributed by atoms with Crippen LogP contribution in [0.5, 0.6) is 0 Å². The molecule has 2 rings (SSSR count). The molecule has 0 unspecified atom stereocenters. The number of hydrogen-bond acceptors (Lipinski definition) is 11. The first kappa shape index (κ1) is 45.6. The molecule has 7 amide bonds. The molecule has 0 aliphatic carbocycles. The van der Waals surface area contributed by atoms with E-state index in [9.17, 15) is 48.3 Å². The minimum absolute atomic E-state index is 0.100. The fourth-order valence-corrected chi connectivity index (χ4v) is 5.87. The van der Waals surface area contributed by atoms with Crippen molar-refractivity contribution in [3.8, 4) is 0 Å². The van der Waals surface area contributed by atoms with E-state index in [1.165, 1.54) is 17.4 Å². The highest BCUT2D eigenvalue weighted by molar-refractivity contribution is 5.97. The van der Waals surface area contributed by atoms with E-state index >= 15 is 0 Å². The highest BCUT2D eigenvalue weighted by atomic mass is 16.4. The van der Waals surface area contributed by atoms with Gasteiger partial charge in [0, 0.05) is 31.3 Å². The van der Waals surface area contributed by atoms with Crippen LogP contribution in [-0.2, 0) is 49.6 Å². The Morgan fingerprint density at radius 3 is 2.16 bits per heavy atom. The molecular formula is C34H54N10O11. The summed E-state index contributed by atoms with van der Waals surface area (Å²) in [5.41, 5.74) is 11.5. The second-order valence-corrected chi connectivity index (χ2v) is 14.0. The molecule has 0 radical (unpaired) electrons. The van der Waals surface area contributed by atoms with Crippen LogP contribution in [0.2, 0.25) is 0 Å². The summed E-state index contributed by atoms with van der Waals surface area (Å²) < 4.78 is 0. The molecule has 55 heavy (non-hydrogen) atoms. The first-order chi connectivity index (χ1) is 25.8. The molecule has 1 aromatic rings. The highest BCUT2D eigenvalue weighted by Crippen LogP contribution is 2.19. The fourth-order valence-electron chi connectivity index (χ4n) is 5.87. The number of hydrogen-bond donors (Lipinski definition) is 10. The average molecular weight is 779 g/mol. The van der Waals surface area contributed by atoms with Crippen LogP contribution in [-0.4, -0.2) is 128 Å². The average Bonchev–Trinajstić information content (AvgIpc) is 3.82. The van der Waals surface area contributed by atoms with Gasteiger partial charge >= 0.3 is 11.9 Å². The zero-order valence-electron chi connectivity index (χ0n) is 31.5. The summed E-state index contributed by atoms with van der Waals surface area (Å²) in [7, 11) is 0. The summed E-state index contributed by atoms with van der Waals surface area (Å²) in [6, 6.07) is -7.45. The van der Waals surface area contributed by atoms with Gasteiger partial charge < -0.3 is 58.1 Å². The van der Waals surface area contributed by atoms with Gasteiger partial charge in [0.25, 0.3) is 0 Å². The number of nitrogens with zero attached hydrogens (tertiary/aromatic N) is 2. The monoisotopic (exact) mass is 778 g/mol. The number of H-pyrrole nitrogens is 1. The van der Waals surface area contributed by atoms with Gasteiger partial charge in [-0.15, -0.1) is 0 Å². The van der Waals surface area contributed by atoms with Gasteiger partial charge in [0.1, 0.15) is 30.2 Å². The van der Waals surface area contributed by atoms with Gasteiger partial charge in [-0.25, -0.2) is 9.78 Å². The molecule has 0 spiro atoms. The molecule has 0 aromatic carbocycles. The molecular weight excluding hydrogens is 724 g/mol. The van der Waals surface area contributed by atoms with Crippen molar-refractivity contribution >= 4 is 53.3 Å². The van der Waals surface area contributed by atoms with E-state index in [1.54, 1.807) is 27.7 Å². The number of rotatable bonds is 23. The maximum atomic E-state index is 13.8. The minimum atomic E-state index is -1.63. The third-order valence-corrected chi connectivity index (χ3v) is 9.03. The first-order valence-electron chi connectivity index (χ1n) is 18.1. The number of nitrogens with two attached hydrogens (primary N) is 2. The summed E-state index contributed by atoms with van der Waals surface area (Å²) in [4.78, 5) is 122. The van der Waals surface area contributed by atoms with Gasteiger partial charge in [0.05, 0.1) is 25.3 Å². The van der Waals surface area contributed by atoms with Gasteiger partial charge in [-0.1, -0.05) is 34.1 Å². The van der Waals surface area contributed by atoms with Crippen LogP contribution in [0.15, 0.2) is 12.5 Å². The number of nitrogens with one attached hydrogen (secondary N) is 6. The maximum Gasteiger partial charge on any atom is 0.326 e. The fraction of sp³-hybridized carbons (Fsp3) is 0.647. The standard InChI is InChI=1S/C34H54N10O11/c1-5-18(4)28(32(52)42-23(34(54)55)13-25(36)45)43-30(50)21(11-17(2)3)41-29(49)22(12-19-14-37-16-39-19)40-26(46)15-38-31(51)24-7-6-10-44(24)33(53)20(35)8-9-27(47)48/h14,16-18,20-24,28H,5-13,15,35H2,1-4H3,(H2,36,45)(H,37,39)(H,38,51)(H,40,46)(H,41,49)(H,42,52)(H,43,50)(H,47,48)(H,54,55)/t18-,20-,21-,22-,23-,24-,28-/m0/s1. The second kappa shape index (κ2) is 21.9. The topological polar surface area (TPSA) is 338 Å². The van der Waals surface area contributed by atoms with Crippen molar-refractivity contribution in [1.82, 2.24) is 41.5 Å². The van der Waals surface area contributed by atoms with E-state index in [2.05, 4.69) is 36.6 Å². The number of likely N-dealkylation sites (tertiary alicyclic amines) is 1. The number of imidazole rings is 1. The smallest absolute Gasteiger partial charge is 0.326 e. The lowest BCUT2D eigenvalue weighted by atomic mass is 9.96. The molecule has 7 atom stereocenters. The molecule has 0 bridgehead atoms. The molecule has 12 N–H and O–H groups in total. The number of aromatic nitrogens is 2. The molecule has 21 heteroatoms. The van der Waals surface area contributed by atoms with Crippen LogP contribution < -0.4 is 38.1 Å². The molecule has 1 saturated heterocycles. The van der Waals surface area contributed by atoms with Gasteiger partial charge in [-0.05, 0) is 37.5 Å². The molecule has 1 aliphatic heterocycles. The first-order valence-corrected chi connectivity index (χ1v) is 18.1. The quantitative estimate of drug-likeness (QED) is 0.0539. The predicted octanol–water partition coefficient (Wildman–Crippen LogP) is -2.76. The van der Waals surface area contributed by atoms with Crippen LogP contribution in [0.3, 0.4) is 0 Å². The predicted molar refractivity (Wildman–Crippen MR) is 193 cm³/mol. The van der Waals surface area contributed by atoms with Crippen LogP contribution in [0.1, 0.15) is 78.3 Å². The van der Waals surface area contributed by atoms with E-state index in [0.29, 0.717) is 25.0 Å². The Labute approximate surface area is 317 Å². The Morgan fingerprint density at radius 1 is 0.945 bits per heavy atom. The summed E-state index contributed by atoms with van der Waals surface area (Å²) in [6.07, 6.45) is 2.85. The highest BCUT2D eigenvalue weighted by Gasteiger charge is 2.37. The van der Waals surface area contributed by atoms with Crippen molar-refractivity contribution < 1.29 is 53.4 Å². The summed E-state index contributed by atoms with van der Waals surface area (Å²) in [5.74, 6) is -8.64. The number of primary amides is 1. The van der Waals surface area contributed by atoms with E-state index in [1.807, 2.05) is 0 Å². The molecule has 1 aromatic heterocycles. The minimum Gasteiger partial charge on any atom is -0.481 e. The lowest BCUT2D eigenvalue weighted by molar-refractivity contribution is -0.144. The number of carboxylic acid groups (broad SMARTS) is 2. The van der Waals surface area contributed by atoms with E-state index in [0.717, 1.165) is 0 Å². The molecule has 21 nitrogen and oxygen atoms in total. The van der Waals surface area contributed by atoms with Crippen molar-refractivity contribution in [3.05, 3.63) is 18.2 Å².